The summed E-state index contributed by atoms with van der Waals surface area (Å²) in [7, 11) is 3.70. The first-order valence-electron chi connectivity index (χ1n) is 6.30. The van der Waals surface area contributed by atoms with Gasteiger partial charge in [-0.3, -0.25) is 9.69 Å². The van der Waals surface area contributed by atoms with Crippen LogP contribution in [0.25, 0.3) is 0 Å². The molecule has 1 aliphatic rings. The number of nitrogens with zero attached hydrogens (tertiary/aromatic N) is 2. The summed E-state index contributed by atoms with van der Waals surface area (Å²) in [4.78, 5) is 16.2. The van der Waals surface area contributed by atoms with Gasteiger partial charge in [-0.1, -0.05) is 12.1 Å². The van der Waals surface area contributed by atoms with E-state index in [0.29, 0.717) is 0 Å². The van der Waals surface area contributed by atoms with E-state index < -0.39 is 6.04 Å². The van der Waals surface area contributed by atoms with Gasteiger partial charge in [0.2, 0.25) is 5.91 Å². The molecule has 0 spiro atoms. The predicted molar refractivity (Wildman–Crippen MR) is 68.6 cm³/mol. The number of carbonyl (C=O) groups excluding carboxylic acids is 1. The Labute approximate surface area is 107 Å². The Morgan fingerprint density at radius 1 is 1.33 bits per heavy atom. The lowest BCUT2D eigenvalue weighted by Crippen LogP contribution is -2.39. The molecule has 1 aromatic carbocycles. The van der Waals surface area contributed by atoms with Crippen LogP contribution in [0, 0.1) is 5.82 Å². The van der Waals surface area contributed by atoms with E-state index in [2.05, 4.69) is 0 Å². The second kappa shape index (κ2) is 5.48. The summed E-state index contributed by atoms with van der Waals surface area (Å²) in [6.07, 6.45) is 2.13. The van der Waals surface area contributed by atoms with E-state index in [1.54, 1.807) is 6.07 Å². The molecule has 1 saturated heterocycles. The molecule has 0 saturated carbocycles. The highest BCUT2D eigenvalue weighted by atomic mass is 19.1. The summed E-state index contributed by atoms with van der Waals surface area (Å²) in [5.41, 5.74) is 0.719. The Hall–Kier alpha value is -1.42. The van der Waals surface area contributed by atoms with Crippen LogP contribution in [0.1, 0.15) is 24.4 Å². The lowest BCUT2D eigenvalue weighted by molar-refractivity contribution is -0.135. The van der Waals surface area contributed by atoms with E-state index in [4.69, 9.17) is 0 Å². The Morgan fingerprint density at radius 3 is 2.56 bits per heavy atom. The molecular formula is C14H19FN2O. The van der Waals surface area contributed by atoms with E-state index in [9.17, 15) is 9.18 Å². The molecule has 0 aliphatic carbocycles. The zero-order valence-electron chi connectivity index (χ0n) is 10.9. The lowest BCUT2D eigenvalue weighted by Gasteiger charge is -2.28. The third-order valence-electron chi connectivity index (χ3n) is 3.33. The lowest BCUT2D eigenvalue weighted by atomic mass is 10.0. The first kappa shape index (κ1) is 13.0. The molecular weight excluding hydrogens is 231 g/mol. The fourth-order valence-corrected chi connectivity index (χ4v) is 2.45. The summed E-state index contributed by atoms with van der Waals surface area (Å²) in [5.74, 6) is -0.225. The van der Waals surface area contributed by atoms with Crippen molar-refractivity contribution in [3.05, 3.63) is 35.6 Å². The Bertz CT molecular complexity index is 428. The first-order valence-corrected chi connectivity index (χ1v) is 6.30. The van der Waals surface area contributed by atoms with Crippen molar-refractivity contribution in [2.24, 2.45) is 0 Å². The van der Waals surface area contributed by atoms with Crippen LogP contribution in [0.2, 0.25) is 0 Å². The molecule has 1 fully saturated rings. The van der Waals surface area contributed by atoms with E-state index in [-0.39, 0.29) is 11.7 Å². The number of likely N-dealkylation sites (N-methyl/N-ethyl adjacent to an activating group) is 1. The number of hydrogen-bond donors (Lipinski definition) is 0. The number of amides is 1. The number of carbonyl (C=O) groups is 1. The van der Waals surface area contributed by atoms with Crippen molar-refractivity contribution < 1.29 is 9.18 Å². The van der Waals surface area contributed by atoms with Crippen molar-refractivity contribution in [3.8, 4) is 0 Å². The fourth-order valence-electron chi connectivity index (χ4n) is 2.45. The van der Waals surface area contributed by atoms with Crippen LogP contribution in [0.5, 0.6) is 0 Å². The van der Waals surface area contributed by atoms with Crippen LogP contribution < -0.4 is 0 Å². The van der Waals surface area contributed by atoms with Crippen molar-refractivity contribution in [2.45, 2.75) is 18.9 Å². The highest BCUT2D eigenvalue weighted by Gasteiger charge is 2.29. The molecule has 1 aromatic rings. The fraction of sp³-hybridized carbons (Fsp3) is 0.500. The Morgan fingerprint density at radius 2 is 2.00 bits per heavy atom. The summed E-state index contributed by atoms with van der Waals surface area (Å²) < 4.78 is 13.3. The maximum atomic E-state index is 13.3. The zero-order chi connectivity index (χ0) is 13.1. The molecule has 2 rings (SSSR count). The van der Waals surface area contributed by atoms with Gasteiger partial charge < -0.3 is 4.90 Å². The van der Waals surface area contributed by atoms with E-state index in [0.717, 1.165) is 31.5 Å². The first-order chi connectivity index (χ1) is 8.59. The maximum absolute atomic E-state index is 13.3. The maximum Gasteiger partial charge on any atom is 0.244 e. The van der Waals surface area contributed by atoms with E-state index in [1.165, 1.54) is 12.1 Å². The zero-order valence-corrected chi connectivity index (χ0v) is 10.9. The molecule has 1 aliphatic heterocycles. The van der Waals surface area contributed by atoms with Gasteiger partial charge in [0.1, 0.15) is 11.9 Å². The molecule has 0 N–H and O–H groups in total. The van der Waals surface area contributed by atoms with Gasteiger partial charge in [0.05, 0.1) is 0 Å². The third kappa shape index (κ3) is 2.70. The Kier molecular flexibility index (Phi) is 3.97. The van der Waals surface area contributed by atoms with Gasteiger partial charge in [0.25, 0.3) is 0 Å². The summed E-state index contributed by atoms with van der Waals surface area (Å²) in [5, 5.41) is 0. The minimum Gasteiger partial charge on any atom is -0.341 e. The van der Waals surface area contributed by atoms with E-state index in [1.807, 2.05) is 30.0 Å². The molecule has 1 amide bonds. The molecule has 4 heteroatoms. The van der Waals surface area contributed by atoms with Gasteiger partial charge in [-0.25, -0.2) is 4.39 Å². The van der Waals surface area contributed by atoms with Crippen LogP contribution in [0.15, 0.2) is 24.3 Å². The number of halogens is 1. The highest BCUT2D eigenvalue weighted by molar-refractivity contribution is 5.83. The number of likely N-dealkylation sites (tertiary alicyclic amines) is 1. The topological polar surface area (TPSA) is 23.6 Å². The van der Waals surface area contributed by atoms with Crippen LogP contribution >= 0.6 is 0 Å². The molecule has 18 heavy (non-hydrogen) atoms. The predicted octanol–water partition coefficient (Wildman–Crippen LogP) is 2.05. The molecule has 98 valence electrons. The minimum atomic E-state index is -0.390. The van der Waals surface area contributed by atoms with Gasteiger partial charge >= 0.3 is 0 Å². The van der Waals surface area contributed by atoms with Gasteiger partial charge in [-0.05, 0) is 44.6 Å². The molecule has 0 radical (unpaired) electrons. The second-order valence-corrected chi connectivity index (χ2v) is 4.95. The second-order valence-electron chi connectivity index (χ2n) is 4.95. The highest BCUT2D eigenvalue weighted by Crippen LogP contribution is 2.23. The Balaban J connectivity index is 2.25. The number of rotatable bonds is 3. The van der Waals surface area contributed by atoms with Crippen molar-refractivity contribution >= 4 is 5.91 Å². The number of benzene rings is 1. The van der Waals surface area contributed by atoms with Gasteiger partial charge in [0.15, 0.2) is 0 Å². The van der Waals surface area contributed by atoms with Crippen molar-refractivity contribution in [2.75, 3.05) is 27.2 Å². The average Bonchev–Trinajstić information content (AvgIpc) is 2.82. The largest absolute Gasteiger partial charge is 0.341 e. The van der Waals surface area contributed by atoms with Crippen LogP contribution in [0.4, 0.5) is 4.39 Å². The van der Waals surface area contributed by atoms with Gasteiger partial charge in [-0.2, -0.15) is 0 Å². The molecule has 0 bridgehead atoms. The van der Waals surface area contributed by atoms with Gasteiger partial charge in [-0.15, -0.1) is 0 Å². The third-order valence-corrected chi connectivity index (χ3v) is 3.33. The van der Waals surface area contributed by atoms with Crippen molar-refractivity contribution in [1.29, 1.82) is 0 Å². The smallest absolute Gasteiger partial charge is 0.244 e. The molecule has 1 heterocycles. The number of hydrogen-bond acceptors (Lipinski definition) is 2. The van der Waals surface area contributed by atoms with Crippen LogP contribution in [-0.4, -0.2) is 42.9 Å². The summed E-state index contributed by atoms with van der Waals surface area (Å²) >= 11 is 0. The van der Waals surface area contributed by atoms with Crippen LogP contribution in [-0.2, 0) is 4.79 Å². The summed E-state index contributed by atoms with van der Waals surface area (Å²) in [6.45, 7) is 1.64. The molecule has 0 aromatic heterocycles. The van der Waals surface area contributed by atoms with Crippen molar-refractivity contribution in [1.82, 2.24) is 9.80 Å². The molecule has 0 unspecified atom stereocenters. The van der Waals surface area contributed by atoms with Crippen molar-refractivity contribution in [3.63, 3.8) is 0 Å². The van der Waals surface area contributed by atoms with Gasteiger partial charge in [0, 0.05) is 13.1 Å². The van der Waals surface area contributed by atoms with Crippen LogP contribution in [0.3, 0.4) is 0 Å². The average molecular weight is 250 g/mol. The monoisotopic (exact) mass is 250 g/mol. The summed E-state index contributed by atoms with van der Waals surface area (Å²) in [6, 6.07) is 5.91. The SMILES string of the molecule is CN(C)[C@H](C(=O)N1CCCC1)c1cccc(F)c1. The van der Waals surface area contributed by atoms with E-state index >= 15 is 0 Å². The minimum absolute atomic E-state index is 0.0723. The molecule has 1 atom stereocenters. The normalized spacial score (nSPS) is 17.2. The molecule has 3 nitrogen and oxygen atoms in total. The standard InChI is InChI=1S/C14H19FN2O/c1-16(2)13(11-6-5-7-12(15)10-11)14(18)17-8-3-4-9-17/h5-7,10,13H,3-4,8-9H2,1-2H3/t13-/m0/s1. The quantitative estimate of drug-likeness (QED) is 0.819.